The zero-order valence-corrected chi connectivity index (χ0v) is 15.2. The van der Waals surface area contributed by atoms with Crippen LogP contribution in [0.2, 0.25) is 0 Å². The van der Waals surface area contributed by atoms with Crippen LogP contribution in [-0.2, 0) is 13.0 Å². The molecule has 6 nitrogen and oxygen atoms in total. The van der Waals surface area contributed by atoms with Crippen LogP contribution < -0.4 is 5.32 Å². The Morgan fingerprint density at radius 3 is 2.77 bits per heavy atom. The van der Waals surface area contributed by atoms with Crippen molar-refractivity contribution in [2.75, 3.05) is 32.7 Å². The quantitative estimate of drug-likeness (QED) is 0.897. The van der Waals surface area contributed by atoms with Gasteiger partial charge in [0, 0.05) is 45.5 Å². The zero-order chi connectivity index (χ0) is 17.8. The third-order valence-corrected chi connectivity index (χ3v) is 5.39. The van der Waals surface area contributed by atoms with Gasteiger partial charge in [-0.1, -0.05) is 30.3 Å². The number of amides is 2. The van der Waals surface area contributed by atoms with Gasteiger partial charge < -0.3 is 10.2 Å². The molecule has 1 saturated heterocycles. The Hall–Kier alpha value is -2.34. The maximum Gasteiger partial charge on any atom is 0.317 e. The second kappa shape index (κ2) is 7.91. The van der Waals surface area contributed by atoms with Crippen LogP contribution in [0.15, 0.2) is 42.6 Å². The van der Waals surface area contributed by atoms with E-state index in [0.29, 0.717) is 6.54 Å². The van der Waals surface area contributed by atoms with E-state index in [1.807, 2.05) is 11.1 Å². The van der Waals surface area contributed by atoms with E-state index in [9.17, 15) is 4.79 Å². The molecule has 6 heteroatoms. The third-order valence-electron chi connectivity index (χ3n) is 5.39. The molecular formula is C20H27N5O. The number of carbonyl (C=O) groups excluding carboxylic acids is 1. The highest BCUT2D eigenvalue weighted by Crippen LogP contribution is 2.20. The second-order valence-electron chi connectivity index (χ2n) is 7.27. The van der Waals surface area contributed by atoms with Crippen molar-refractivity contribution in [2.45, 2.75) is 31.8 Å². The summed E-state index contributed by atoms with van der Waals surface area (Å²) in [5.74, 6) is 0. The molecule has 0 radical (unpaired) electrons. The molecule has 4 rings (SSSR count). The van der Waals surface area contributed by atoms with Crippen molar-refractivity contribution in [3.63, 3.8) is 0 Å². The summed E-state index contributed by atoms with van der Waals surface area (Å²) >= 11 is 0. The molecule has 0 spiro atoms. The second-order valence-corrected chi connectivity index (χ2v) is 7.27. The first kappa shape index (κ1) is 17.1. The number of nitrogens with zero attached hydrogens (tertiary/aromatic N) is 4. The van der Waals surface area contributed by atoms with Crippen molar-refractivity contribution >= 4 is 6.03 Å². The van der Waals surface area contributed by atoms with Gasteiger partial charge in [0.2, 0.25) is 0 Å². The topological polar surface area (TPSA) is 53.4 Å². The van der Waals surface area contributed by atoms with Crippen LogP contribution in [0.3, 0.4) is 0 Å². The molecule has 2 amide bonds. The first-order valence-electron chi connectivity index (χ1n) is 9.61. The number of hydrogen-bond donors (Lipinski definition) is 1. The molecule has 1 N–H and O–H groups in total. The van der Waals surface area contributed by atoms with Crippen molar-refractivity contribution < 1.29 is 4.79 Å². The molecule has 3 heterocycles. The van der Waals surface area contributed by atoms with E-state index in [2.05, 4.69) is 56.4 Å². The van der Waals surface area contributed by atoms with E-state index in [4.69, 9.17) is 0 Å². The van der Waals surface area contributed by atoms with Gasteiger partial charge in [0.15, 0.2) is 0 Å². The van der Waals surface area contributed by atoms with E-state index in [-0.39, 0.29) is 12.1 Å². The lowest BCUT2D eigenvalue weighted by molar-refractivity contribution is 0.168. The van der Waals surface area contributed by atoms with Gasteiger partial charge in [0.1, 0.15) is 0 Å². The van der Waals surface area contributed by atoms with Gasteiger partial charge >= 0.3 is 6.03 Å². The summed E-state index contributed by atoms with van der Waals surface area (Å²) < 4.78 is 2.09. The fourth-order valence-electron chi connectivity index (χ4n) is 3.96. The number of nitrogens with one attached hydrogen (secondary N) is 1. The zero-order valence-electron chi connectivity index (χ0n) is 15.2. The maximum absolute atomic E-state index is 12.3. The Balaban J connectivity index is 1.35. The van der Waals surface area contributed by atoms with E-state index in [0.717, 1.165) is 52.0 Å². The summed E-state index contributed by atoms with van der Waals surface area (Å²) in [4.78, 5) is 16.7. The van der Waals surface area contributed by atoms with Gasteiger partial charge in [-0.15, -0.1) is 0 Å². The van der Waals surface area contributed by atoms with Crippen molar-refractivity contribution in [1.29, 1.82) is 0 Å². The normalized spacial score (nSPS) is 20.2. The minimum atomic E-state index is 0.0672. The molecule has 26 heavy (non-hydrogen) atoms. The third kappa shape index (κ3) is 3.90. The molecule has 2 aliphatic heterocycles. The Labute approximate surface area is 154 Å². The van der Waals surface area contributed by atoms with E-state index in [1.165, 1.54) is 11.3 Å². The number of aromatic nitrogens is 2. The Morgan fingerprint density at radius 1 is 1.15 bits per heavy atom. The van der Waals surface area contributed by atoms with Gasteiger partial charge in [0.25, 0.3) is 0 Å². The van der Waals surface area contributed by atoms with E-state index >= 15 is 0 Å². The standard InChI is InChI=1S/C20H27N5O/c26-20(24-11-4-5-12-24)21-14-19-16-23(15-18-8-10-22-25(18)19)13-9-17-6-2-1-3-7-17/h1-3,6-8,10,19H,4-5,9,11-16H2,(H,21,26)/t19-/m1/s1. The van der Waals surface area contributed by atoms with Crippen LogP contribution in [0.5, 0.6) is 0 Å². The molecule has 0 unspecified atom stereocenters. The number of hydrogen-bond acceptors (Lipinski definition) is 3. The molecule has 1 fully saturated rings. The minimum Gasteiger partial charge on any atom is -0.336 e. The fourth-order valence-corrected chi connectivity index (χ4v) is 3.96. The molecule has 0 saturated carbocycles. The van der Waals surface area contributed by atoms with Gasteiger partial charge in [-0.05, 0) is 30.9 Å². The number of benzene rings is 1. The Morgan fingerprint density at radius 2 is 1.96 bits per heavy atom. The number of carbonyl (C=O) groups is 1. The summed E-state index contributed by atoms with van der Waals surface area (Å²) in [6, 6.07) is 13.0. The predicted octanol–water partition coefficient (Wildman–Crippen LogP) is 2.29. The Kier molecular flexibility index (Phi) is 5.20. The monoisotopic (exact) mass is 353 g/mol. The molecule has 1 aromatic carbocycles. The predicted molar refractivity (Wildman–Crippen MR) is 101 cm³/mol. The molecule has 1 atom stereocenters. The summed E-state index contributed by atoms with van der Waals surface area (Å²) in [5, 5.41) is 7.61. The largest absolute Gasteiger partial charge is 0.336 e. The average molecular weight is 353 g/mol. The van der Waals surface area contributed by atoms with Crippen molar-refractivity contribution in [1.82, 2.24) is 24.9 Å². The van der Waals surface area contributed by atoms with E-state index in [1.54, 1.807) is 0 Å². The van der Waals surface area contributed by atoms with Crippen molar-refractivity contribution in [3.8, 4) is 0 Å². The lowest BCUT2D eigenvalue weighted by Gasteiger charge is -2.34. The van der Waals surface area contributed by atoms with Crippen LogP contribution in [0.25, 0.3) is 0 Å². The molecule has 2 aliphatic rings. The molecule has 1 aromatic heterocycles. The number of urea groups is 1. The highest BCUT2D eigenvalue weighted by atomic mass is 16.2. The average Bonchev–Trinajstić information content (AvgIpc) is 3.36. The number of likely N-dealkylation sites (tertiary alicyclic amines) is 1. The van der Waals surface area contributed by atoms with Gasteiger partial charge in [-0.3, -0.25) is 9.58 Å². The molecular weight excluding hydrogens is 326 g/mol. The lowest BCUT2D eigenvalue weighted by atomic mass is 10.1. The summed E-state index contributed by atoms with van der Waals surface area (Å²) in [6.07, 6.45) is 5.15. The van der Waals surface area contributed by atoms with Gasteiger partial charge in [0.05, 0.1) is 11.7 Å². The highest BCUT2D eigenvalue weighted by Gasteiger charge is 2.26. The first-order chi connectivity index (χ1) is 12.8. The Bertz CT molecular complexity index is 723. The molecule has 0 bridgehead atoms. The first-order valence-corrected chi connectivity index (χ1v) is 9.61. The van der Waals surface area contributed by atoms with Crippen LogP contribution >= 0.6 is 0 Å². The van der Waals surface area contributed by atoms with Crippen LogP contribution in [0.1, 0.15) is 30.1 Å². The fraction of sp³-hybridized carbons (Fsp3) is 0.500. The van der Waals surface area contributed by atoms with Crippen molar-refractivity contribution in [2.24, 2.45) is 0 Å². The van der Waals surface area contributed by atoms with Crippen molar-refractivity contribution in [3.05, 3.63) is 53.9 Å². The summed E-state index contributed by atoms with van der Waals surface area (Å²) in [7, 11) is 0. The van der Waals surface area contributed by atoms with E-state index < -0.39 is 0 Å². The minimum absolute atomic E-state index is 0.0672. The molecule has 2 aromatic rings. The highest BCUT2D eigenvalue weighted by molar-refractivity contribution is 5.74. The molecule has 0 aliphatic carbocycles. The SMILES string of the molecule is O=C(NC[C@@H]1CN(CCc2ccccc2)Cc2ccnn21)N1CCCC1. The van der Waals surface area contributed by atoms with Crippen LogP contribution in [-0.4, -0.2) is 58.3 Å². The van der Waals surface area contributed by atoms with Crippen LogP contribution in [0.4, 0.5) is 4.79 Å². The van der Waals surface area contributed by atoms with Crippen LogP contribution in [0, 0.1) is 0 Å². The van der Waals surface area contributed by atoms with Gasteiger partial charge in [-0.2, -0.15) is 5.10 Å². The maximum atomic E-state index is 12.3. The van der Waals surface area contributed by atoms with Gasteiger partial charge in [-0.25, -0.2) is 4.79 Å². The summed E-state index contributed by atoms with van der Waals surface area (Å²) in [5.41, 5.74) is 2.59. The molecule has 138 valence electrons. The number of rotatable bonds is 5. The lowest BCUT2D eigenvalue weighted by Crippen LogP contribution is -2.46. The smallest absolute Gasteiger partial charge is 0.317 e. The summed E-state index contributed by atoms with van der Waals surface area (Å²) in [6.45, 7) is 5.25. The number of fused-ring (bicyclic) bond motifs is 1.